The van der Waals surface area contributed by atoms with Gasteiger partial charge in [0.25, 0.3) is 0 Å². The molecule has 0 spiro atoms. The first-order chi connectivity index (χ1) is 8.65. The molecule has 0 saturated heterocycles. The van der Waals surface area contributed by atoms with Crippen LogP contribution in [0.1, 0.15) is 16.3 Å². The van der Waals surface area contributed by atoms with Gasteiger partial charge in [-0.25, -0.2) is 9.97 Å². The van der Waals surface area contributed by atoms with Crippen molar-refractivity contribution in [3.05, 3.63) is 34.7 Å². The Morgan fingerprint density at radius 2 is 2.17 bits per heavy atom. The minimum absolute atomic E-state index is 0.545. The summed E-state index contributed by atoms with van der Waals surface area (Å²) in [6, 6.07) is 1.88. The average Bonchev–Trinajstić information content (AvgIpc) is 2.89. The number of rotatable bonds is 2. The molecular formula is C12H13N5S. The summed E-state index contributed by atoms with van der Waals surface area (Å²) in [4.78, 5) is 11.1. The third-order valence-electron chi connectivity index (χ3n) is 2.97. The average molecular weight is 259 g/mol. The summed E-state index contributed by atoms with van der Waals surface area (Å²) in [5.41, 5.74) is 7.20. The zero-order valence-corrected chi connectivity index (χ0v) is 11.0. The number of fused-ring (bicyclic) bond motifs is 1. The maximum atomic E-state index is 6.03. The number of nitrogens with zero attached hydrogens (tertiary/aromatic N) is 4. The lowest BCUT2D eigenvalue weighted by Crippen LogP contribution is -2.06. The van der Waals surface area contributed by atoms with E-state index < -0.39 is 0 Å². The molecule has 0 aromatic carbocycles. The van der Waals surface area contributed by atoms with Gasteiger partial charge in [-0.05, 0) is 25.5 Å². The SMILES string of the molecule is Cc1sc2nc(Cn3cccn3)nc(N)c2c1C. The van der Waals surface area contributed by atoms with Crippen LogP contribution in [0, 0.1) is 13.8 Å². The molecule has 6 heteroatoms. The molecule has 0 aliphatic carbocycles. The van der Waals surface area contributed by atoms with Crippen molar-refractivity contribution in [2.24, 2.45) is 0 Å². The Labute approximate surface area is 108 Å². The standard InChI is InChI=1S/C12H13N5S/c1-7-8(2)18-12-10(7)11(13)15-9(16-12)6-17-5-3-4-14-17/h3-5H,6H2,1-2H3,(H2,13,15,16). The first-order valence-electron chi connectivity index (χ1n) is 5.64. The quantitative estimate of drug-likeness (QED) is 0.765. The third-order valence-corrected chi connectivity index (χ3v) is 4.07. The van der Waals surface area contributed by atoms with Crippen LogP contribution in [-0.4, -0.2) is 19.7 Å². The Morgan fingerprint density at radius 1 is 1.33 bits per heavy atom. The van der Waals surface area contributed by atoms with Crippen molar-refractivity contribution >= 4 is 27.4 Å². The van der Waals surface area contributed by atoms with E-state index in [2.05, 4.69) is 28.9 Å². The molecule has 0 aliphatic rings. The molecule has 18 heavy (non-hydrogen) atoms. The number of aryl methyl sites for hydroxylation is 2. The molecule has 0 amide bonds. The van der Waals surface area contributed by atoms with Crippen LogP contribution in [0.3, 0.4) is 0 Å². The Hall–Kier alpha value is -1.95. The van der Waals surface area contributed by atoms with Gasteiger partial charge in [0, 0.05) is 17.3 Å². The molecule has 0 saturated carbocycles. The van der Waals surface area contributed by atoms with Gasteiger partial charge in [-0.15, -0.1) is 11.3 Å². The van der Waals surface area contributed by atoms with Crippen molar-refractivity contribution in [3.63, 3.8) is 0 Å². The molecular weight excluding hydrogens is 246 g/mol. The van der Waals surface area contributed by atoms with Crippen LogP contribution in [0.4, 0.5) is 5.82 Å². The topological polar surface area (TPSA) is 69.6 Å². The number of hydrogen-bond donors (Lipinski definition) is 1. The van der Waals surface area contributed by atoms with E-state index in [0.717, 1.165) is 10.2 Å². The van der Waals surface area contributed by atoms with Gasteiger partial charge in [0.1, 0.15) is 17.2 Å². The normalized spacial score (nSPS) is 11.2. The maximum Gasteiger partial charge on any atom is 0.153 e. The van der Waals surface area contributed by atoms with Crippen LogP contribution in [0.15, 0.2) is 18.5 Å². The molecule has 0 radical (unpaired) electrons. The van der Waals surface area contributed by atoms with Crippen LogP contribution in [-0.2, 0) is 6.54 Å². The molecule has 0 atom stereocenters. The van der Waals surface area contributed by atoms with E-state index in [1.165, 1.54) is 10.4 Å². The van der Waals surface area contributed by atoms with E-state index >= 15 is 0 Å². The minimum atomic E-state index is 0.545. The van der Waals surface area contributed by atoms with Crippen LogP contribution in [0.25, 0.3) is 10.2 Å². The molecule has 0 fully saturated rings. The van der Waals surface area contributed by atoms with E-state index in [9.17, 15) is 0 Å². The second-order valence-corrected chi connectivity index (χ2v) is 5.40. The van der Waals surface area contributed by atoms with Crippen molar-refractivity contribution in [1.29, 1.82) is 0 Å². The number of aromatic nitrogens is 4. The Morgan fingerprint density at radius 3 is 2.89 bits per heavy atom. The molecule has 0 unspecified atom stereocenters. The summed E-state index contributed by atoms with van der Waals surface area (Å²) >= 11 is 1.66. The van der Waals surface area contributed by atoms with E-state index in [1.54, 1.807) is 22.2 Å². The fourth-order valence-electron chi connectivity index (χ4n) is 1.94. The van der Waals surface area contributed by atoms with E-state index in [1.807, 2.05) is 12.3 Å². The van der Waals surface area contributed by atoms with Crippen molar-refractivity contribution in [3.8, 4) is 0 Å². The zero-order chi connectivity index (χ0) is 12.7. The minimum Gasteiger partial charge on any atom is -0.383 e. The van der Waals surface area contributed by atoms with Gasteiger partial charge >= 0.3 is 0 Å². The van der Waals surface area contributed by atoms with Gasteiger partial charge < -0.3 is 5.73 Å². The molecule has 3 aromatic rings. The van der Waals surface area contributed by atoms with Gasteiger partial charge in [0.15, 0.2) is 5.82 Å². The second-order valence-electron chi connectivity index (χ2n) is 4.19. The first kappa shape index (κ1) is 11.2. The number of anilines is 1. The Kier molecular flexibility index (Phi) is 2.52. The van der Waals surface area contributed by atoms with Crippen molar-refractivity contribution < 1.29 is 0 Å². The lowest BCUT2D eigenvalue weighted by atomic mass is 10.2. The van der Waals surface area contributed by atoms with Gasteiger partial charge in [0.05, 0.1) is 5.39 Å². The van der Waals surface area contributed by atoms with Gasteiger partial charge in [-0.3, -0.25) is 4.68 Å². The highest BCUT2D eigenvalue weighted by atomic mass is 32.1. The molecule has 2 N–H and O–H groups in total. The van der Waals surface area contributed by atoms with Crippen LogP contribution in [0.2, 0.25) is 0 Å². The smallest absolute Gasteiger partial charge is 0.153 e. The fourth-order valence-corrected chi connectivity index (χ4v) is 2.99. The lowest BCUT2D eigenvalue weighted by molar-refractivity contribution is 0.659. The van der Waals surface area contributed by atoms with E-state index in [0.29, 0.717) is 18.2 Å². The number of nitrogen functional groups attached to an aromatic ring is 1. The Balaban J connectivity index is 2.10. The summed E-state index contributed by atoms with van der Waals surface area (Å²) in [7, 11) is 0. The predicted octanol–water partition coefficient (Wildman–Crippen LogP) is 2.14. The monoisotopic (exact) mass is 259 g/mol. The second kappa shape index (κ2) is 4.06. The largest absolute Gasteiger partial charge is 0.383 e. The van der Waals surface area contributed by atoms with Crippen molar-refractivity contribution in [2.45, 2.75) is 20.4 Å². The summed E-state index contributed by atoms with van der Waals surface area (Å²) in [6.07, 6.45) is 3.62. The van der Waals surface area contributed by atoms with Crippen LogP contribution < -0.4 is 5.73 Å². The van der Waals surface area contributed by atoms with Crippen molar-refractivity contribution in [1.82, 2.24) is 19.7 Å². The highest BCUT2D eigenvalue weighted by molar-refractivity contribution is 7.18. The number of nitrogens with two attached hydrogens (primary N) is 1. The summed E-state index contributed by atoms with van der Waals surface area (Å²) in [6.45, 7) is 4.68. The molecule has 3 heterocycles. The zero-order valence-electron chi connectivity index (χ0n) is 10.2. The molecule has 0 bridgehead atoms. The lowest BCUT2D eigenvalue weighted by Gasteiger charge is -2.03. The van der Waals surface area contributed by atoms with Crippen molar-refractivity contribution in [2.75, 3.05) is 5.73 Å². The highest BCUT2D eigenvalue weighted by Gasteiger charge is 2.12. The highest BCUT2D eigenvalue weighted by Crippen LogP contribution is 2.31. The number of hydrogen-bond acceptors (Lipinski definition) is 5. The third kappa shape index (κ3) is 1.74. The molecule has 3 rings (SSSR count). The first-order valence-corrected chi connectivity index (χ1v) is 6.46. The fraction of sp³-hybridized carbons (Fsp3) is 0.250. The summed E-state index contributed by atoms with van der Waals surface area (Å²) in [5.74, 6) is 1.26. The molecule has 3 aromatic heterocycles. The van der Waals surface area contributed by atoms with Crippen LogP contribution in [0.5, 0.6) is 0 Å². The van der Waals surface area contributed by atoms with E-state index in [4.69, 9.17) is 5.73 Å². The summed E-state index contributed by atoms with van der Waals surface area (Å²) < 4.78 is 1.79. The molecule has 92 valence electrons. The van der Waals surface area contributed by atoms with Gasteiger partial charge in [0.2, 0.25) is 0 Å². The van der Waals surface area contributed by atoms with Crippen LogP contribution >= 0.6 is 11.3 Å². The predicted molar refractivity (Wildman–Crippen MR) is 72.6 cm³/mol. The van der Waals surface area contributed by atoms with Gasteiger partial charge in [-0.1, -0.05) is 0 Å². The number of thiophene rings is 1. The van der Waals surface area contributed by atoms with Gasteiger partial charge in [-0.2, -0.15) is 5.10 Å². The summed E-state index contributed by atoms with van der Waals surface area (Å²) in [5, 5.41) is 5.13. The molecule has 5 nitrogen and oxygen atoms in total. The molecule has 0 aliphatic heterocycles. The van der Waals surface area contributed by atoms with E-state index in [-0.39, 0.29) is 0 Å². The Bertz CT molecular complexity index is 699. The maximum absolute atomic E-state index is 6.03.